The van der Waals surface area contributed by atoms with Crippen LogP contribution < -0.4 is 38.9 Å². The number of carboxylic acids is 1. The summed E-state index contributed by atoms with van der Waals surface area (Å²) in [6.45, 7) is 0.156. The van der Waals surface area contributed by atoms with E-state index in [1.54, 1.807) is 42.5 Å². The van der Waals surface area contributed by atoms with E-state index in [0.29, 0.717) is 11.1 Å². The van der Waals surface area contributed by atoms with Gasteiger partial charge in [0.15, 0.2) is 5.96 Å². The Morgan fingerprint density at radius 3 is 1.88 bits per heavy atom. The lowest BCUT2D eigenvalue weighted by molar-refractivity contribution is -0.143. The number of hydrogen-bond donors (Lipinski definition) is 9. The standard InChI is InChI=1S/C28H38N8O7/c29-19(13-17-8-10-18(37)11-9-17)24(39)34-20(7-4-12-33-28(31)32)25(40)35-21(14-16-5-2-1-3-6-16)26(41)36-22(27(42)43)15-23(30)38/h1-3,5-6,8-11,19-22,37H,4,7,12-15,29H2,(H2,30,38)(H,34,39)(H,35,40)(H,36,41)(H,42,43)(H4,31,32,33)/t19-,20+,21-,22-/m0/s1. The van der Waals surface area contributed by atoms with Crippen LogP contribution in [-0.4, -0.2) is 76.5 Å². The Hall–Kier alpha value is -5.18. The van der Waals surface area contributed by atoms with Gasteiger partial charge < -0.3 is 49.1 Å². The fourth-order valence-corrected chi connectivity index (χ4v) is 4.03. The number of carbonyl (C=O) groups excluding carboxylic acids is 4. The van der Waals surface area contributed by atoms with Crippen LogP contribution in [0.3, 0.4) is 0 Å². The third-order valence-corrected chi connectivity index (χ3v) is 6.24. The molecular weight excluding hydrogens is 560 g/mol. The number of primary amides is 1. The number of carboxylic acid groups (broad SMARTS) is 1. The average molecular weight is 599 g/mol. The number of nitrogens with one attached hydrogen (secondary N) is 3. The molecule has 0 unspecified atom stereocenters. The number of aliphatic carboxylic acids is 1. The first-order valence-corrected chi connectivity index (χ1v) is 13.4. The highest BCUT2D eigenvalue weighted by Crippen LogP contribution is 2.12. The van der Waals surface area contributed by atoms with Gasteiger partial charge in [-0.3, -0.25) is 24.2 Å². The summed E-state index contributed by atoms with van der Waals surface area (Å²) in [4.78, 5) is 66.4. The quantitative estimate of drug-likeness (QED) is 0.0547. The third-order valence-electron chi connectivity index (χ3n) is 6.24. The number of guanidine groups is 1. The van der Waals surface area contributed by atoms with Crippen LogP contribution in [0.1, 0.15) is 30.4 Å². The molecule has 0 heterocycles. The molecule has 0 aromatic heterocycles. The van der Waals surface area contributed by atoms with Crippen LogP contribution in [-0.2, 0) is 36.8 Å². The minimum absolute atomic E-state index is 0.0314. The van der Waals surface area contributed by atoms with Crippen LogP contribution >= 0.6 is 0 Å². The monoisotopic (exact) mass is 598 g/mol. The molecule has 2 aromatic carbocycles. The first kappa shape index (κ1) is 34.0. The molecule has 2 rings (SSSR count). The molecule has 0 bridgehead atoms. The number of nitrogens with two attached hydrogens (primary N) is 4. The molecule has 15 nitrogen and oxygen atoms in total. The number of amides is 4. The summed E-state index contributed by atoms with van der Waals surface area (Å²) in [7, 11) is 0. The molecule has 0 aliphatic rings. The van der Waals surface area contributed by atoms with Crippen molar-refractivity contribution in [2.45, 2.75) is 56.3 Å². The van der Waals surface area contributed by atoms with Crippen molar-refractivity contribution in [3.63, 3.8) is 0 Å². The van der Waals surface area contributed by atoms with Crippen LogP contribution in [0.5, 0.6) is 5.75 Å². The largest absolute Gasteiger partial charge is 0.508 e. The number of rotatable bonds is 17. The Balaban J connectivity index is 2.24. The van der Waals surface area contributed by atoms with Gasteiger partial charge in [-0.15, -0.1) is 0 Å². The van der Waals surface area contributed by atoms with Gasteiger partial charge in [-0.05, 0) is 42.5 Å². The highest BCUT2D eigenvalue weighted by molar-refractivity contribution is 5.95. The smallest absolute Gasteiger partial charge is 0.326 e. The molecule has 13 N–H and O–H groups in total. The van der Waals surface area contributed by atoms with Crippen molar-refractivity contribution in [2.24, 2.45) is 27.9 Å². The number of nitrogens with zero attached hydrogens (tertiary/aromatic N) is 1. The predicted molar refractivity (Wildman–Crippen MR) is 157 cm³/mol. The van der Waals surface area contributed by atoms with Crippen molar-refractivity contribution in [1.29, 1.82) is 0 Å². The maximum atomic E-state index is 13.5. The predicted octanol–water partition coefficient (Wildman–Crippen LogP) is -2.03. The minimum Gasteiger partial charge on any atom is -0.508 e. The van der Waals surface area contributed by atoms with E-state index in [9.17, 15) is 34.2 Å². The summed E-state index contributed by atoms with van der Waals surface area (Å²) in [5, 5.41) is 26.3. The maximum Gasteiger partial charge on any atom is 0.326 e. The Morgan fingerprint density at radius 2 is 1.30 bits per heavy atom. The summed E-state index contributed by atoms with van der Waals surface area (Å²) in [5.74, 6) is -4.78. The number of aliphatic imine (C=N–C) groups is 1. The maximum absolute atomic E-state index is 13.5. The normalized spacial score (nSPS) is 13.4. The summed E-state index contributed by atoms with van der Waals surface area (Å²) < 4.78 is 0. The fraction of sp³-hybridized carbons (Fsp3) is 0.357. The van der Waals surface area contributed by atoms with Gasteiger partial charge in [-0.1, -0.05) is 42.5 Å². The second kappa shape index (κ2) is 16.9. The molecule has 0 fully saturated rings. The summed E-state index contributed by atoms with van der Waals surface area (Å²) in [6.07, 6.45) is -0.228. The lowest BCUT2D eigenvalue weighted by Crippen LogP contribution is -2.58. The van der Waals surface area contributed by atoms with Gasteiger partial charge in [0.05, 0.1) is 12.5 Å². The highest BCUT2D eigenvalue weighted by Gasteiger charge is 2.31. The molecule has 0 spiro atoms. The molecule has 15 heteroatoms. The van der Waals surface area contributed by atoms with Crippen molar-refractivity contribution in [3.8, 4) is 5.75 Å². The van der Waals surface area contributed by atoms with Crippen molar-refractivity contribution < 1.29 is 34.2 Å². The van der Waals surface area contributed by atoms with Gasteiger partial charge in [-0.25, -0.2) is 4.79 Å². The molecule has 0 saturated heterocycles. The van der Waals surface area contributed by atoms with Crippen LogP contribution in [0.2, 0.25) is 0 Å². The Bertz CT molecular complexity index is 1280. The zero-order valence-electron chi connectivity index (χ0n) is 23.4. The molecule has 232 valence electrons. The Morgan fingerprint density at radius 1 is 0.744 bits per heavy atom. The molecule has 0 radical (unpaired) electrons. The summed E-state index contributed by atoms with van der Waals surface area (Å²) in [6, 6.07) is 9.63. The van der Waals surface area contributed by atoms with Crippen LogP contribution in [0, 0.1) is 0 Å². The van der Waals surface area contributed by atoms with Crippen LogP contribution in [0.15, 0.2) is 59.6 Å². The van der Waals surface area contributed by atoms with Crippen molar-refractivity contribution in [2.75, 3.05) is 6.54 Å². The summed E-state index contributed by atoms with van der Waals surface area (Å²) >= 11 is 0. The fourth-order valence-electron chi connectivity index (χ4n) is 4.03. The first-order valence-electron chi connectivity index (χ1n) is 13.4. The number of benzene rings is 2. The molecule has 2 aromatic rings. The van der Waals surface area contributed by atoms with E-state index in [1.165, 1.54) is 12.1 Å². The second-order valence-corrected chi connectivity index (χ2v) is 9.81. The zero-order chi connectivity index (χ0) is 31.9. The van der Waals surface area contributed by atoms with E-state index in [2.05, 4.69) is 20.9 Å². The van der Waals surface area contributed by atoms with Crippen molar-refractivity contribution >= 4 is 35.6 Å². The van der Waals surface area contributed by atoms with Crippen molar-refractivity contribution in [3.05, 3.63) is 65.7 Å². The molecule has 43 heavy (non-hydrogen) atoms. The molecule has 0 saturated carbocycles. The Kier molecular flexibility index (Phi) is 13.4. The molecule has 4 atom stereocenters. The van der Waals surface area contributed by atoms with Gasteiger partial charge in [-0.2, -0.15) is 0 Å². The van der Waals surface area contributed by atoms with E-state index in [4.69, 9.17) is 22.9 Å². The zero-order valence-corrected chi connectivity index (χ0v) is 23.4. The summed E-state index contributed by atoms with van der Waals surface area (Å²) in [5.41, 5.74) is 23.3. The molecule has 0 aliphatic carbocycles. The lowest BCUT2D eigenvalue weighted by Gasteiger charge is -2.25. The van der Waals surface area contributed by atoms with Crippen LogP contribution in [0.25, 0.3) is 0 Å². The van der Waals surface area contributed by atoms with Gasteiger partial charge in [0, 0.05) is 13.0 Å². The van der Waals surface area contributed by atoms with E-state index >= 15 is 0 Å². The van der Waals surface area contributed by atoms with E-state index in [-0.39, 0.29) is 43.9 Å². The molecule has 4 amide bonds. The number of hydrogen-bond acceptors (Lipinski definition) is 8. The second-order valence-electron chi connectivity index (χ2n) is 9.81. The van der Waals surface area contributed by atoms with E-state index in [1.807, 2.05) is 0 Å². The SMILES string of the molecule is NC(=O)C[C@H](NC(=O)[C@H](Cc1ccccc1)NC(=O)[C@@H](CCCN=C(N)N)NC(=O)[C@@H](N)Cc1ccc(O)cc1)C(=O)O. The number of phenols is 1. The van der Waals surface area contributed by atoms with Gasteiger partial charge in [0.1, 0.15) is 23.9 Å². The first-order chi connectivity index (χ1) is 20.3. The average Bonchev–Trinajstić information content (AvgIpc) is 2.95. The molecular formula is C28H38N8O7. The van der Waals surface area contributed by atoms with Gasteiger partial charge in [0.25, 0.3) is 0 Å². The topological polar surface area (TPSA) is 278 Å². The van der Waals surface area contributed by atoms with E-state index < -0.39 is 60.2 Å². The van der Waals surface area contributed by atoms with Gasteiger partial charge in [0.2, 0.25) is 23.6 Å². The van der Waals surface area contributed by atoms with E-state index in [0.717, 1.165) is 0 Å². The Labute approximate surface area is 248 Å². The molecule has 0 aliphatic heterocycles. The van der Waals surface area contributed by atoms with Crippen LogP contribution in [0.4, 0.5) is 0 Å². The number of phenolic OH excluding ortho intramolecular Hbond substituents is 1. The number of aromatic hydroxyl groups is 1. The van der Waals surface area contributed by atoms with Crippen molar-refractivity contribution in [1.82, 2.24) is 16.0 Å². The van der Waals surface area contributed by atoms with Gasteiger partial charge >= 0.3 is 5.97 Å². The number of carbonyl (C=O) groups is 5. The highest BCUT2D eigenvalue weighted by atomic mass is 16.4. The third kappa shape index (κ3) is 12.5. The lowest BCUT2D eigenvalue weighted by atomic mass is 10.0. The minimum atomic E-state index is -1.62.